The maximum Gasteiger partial charge on any atom is 0.268 e. The minimum absolute atomic E-state index is 0.0422. The van der Waals surface area contributed by atoms with Gasteiger partial charge in [0.1, 0.15) is 17.8 Å². The minimum Gasteiger partial charge on any atom is -0.507 e. The van der Waals surface area contributed by atoms with Crippen LogP contribution < -0.4 is 26.6 Å². The van der Waals surface area contributed by atoms with Gasteiger partial charge in [-0.3, -0.25) is 34.4 Å². The summed E-state index contributed by atoms with van der Waals surface area (Å²) in [7, 11) is 1.57. The minimum atomic E-state index is -1.30. The summed E-state index contributed by atoms with van der Waals surface area (Å²) in [4.78, 5) is 61.8. The first-order valence-electron chi connectivity index (χ1n) is 14.3. The highest BCUT2D eigenvalue weighted by atomic mass is 16.5. The normalized spacial score (nSPS) is 16.7. The Morgan fingerprint density at radius 2 is 1.84 bits per heavy atom. The van der Waals surface area contributed by atoms with Crippen LogP contribution in [-0.2, 0) is 19.2 Å². The van der Waals surface area contributed by atoms with Gasteiger partial charge in [0, 0.05) is 31.8 Å². The van der Waals surface area contributed by atoms with Crippen LogP contribution in [0.15, 0.2) is 36.5 Å². The number of nitrogens with zero attached hydrogens (tertiary/aromatic N) is 2. The van der Waals surface area contributed by atoms with Gasteiger partial charge in [0.25, 0.3) is 11.8 Å². The number of nitrogens with one attached hydrogen (secondary N) is 5. The number of aromatic hydroxyl groups is 1. The van der Waals surface area contributed by atoms with Crippen molar-refractivity contribution in [1.29, 1.82) is 0 Å². The molecule has 5 amide bonds. The summed E-state index contributed by atoms with van der Waals surface area (Å²) in [5, 5.41) is 53.5. The highest BCUT2D eigenvalue weighted by Gasteiger charge is 2.31. The number of carbonyl (C=O) groups excluding carboxylic acids is 5. The molecular formula is C28H43N7O9. The molecule has 16 heteroatoms. The molecule has 16 nitrogen and oxygen atoms in total. The number of hydrogen-bond acceptors (Lipinski definition) is 11. The molecule has 1 aliphatic heterocycles. The third-order valence-electron chi connectivity index (χ3n) is 7.07. The number of piperidine rings is 1. The smallest absolute Gasteiger partial charge is 0.268 e. The summed E-state index contributed by atoms with van der Waals surface area (Å²) in [6, 6.07) is 2.32. The Balaban J connectivity index is 1.70. The van der Waals surface area contributed by atoms with E-state index in [2.05, 4.69) is 33.2 Å². The average molecular weight is 622 g/mol. The van der Waals surface area contributed by atoms with Crippen LogP contribution in [0.1, 0.15) is 49.4 Å². The van der Waals surface area contributed by atoms with Crippen LogP contribution in [0, 0.1) is 0 Å². The molecule has 0 bridgehead atoms. The van der Waals surface area contributed by atoms with Gasteiger partial charge in [0.2, 0.25) is 17.7 Å². The van der Waals surface area contributed by atoms with Crippen molar-refractivity contribution in [2.45, 2.75) is 63.2 Å². The van der Waals surface area contributed by atoms with Crippen molar-refractivity contribution in [3.05, 3.63) is 42.1 Å². The first-order chi connectivity index (χ1) is 20.9. The number of hydroxylamine groups is 4. The summed E-state index contributed by atoms with van der Waals surface area (Å²) in [5.41, 5.74) is 0.281. The molecule has 0 saturated carbocycles. The van der Waals surface area contributed by atoms with Crippen molar-refractivity contribution in [3.8, 4) is 5.75 Å². The van der Waals surface area contributed by atoms with Crippen molar-refractivity contribution in [1.82, 2.24) is 36.7 Å². The maximum absolute atomic E-state index is 12.6. The Morgan fingerprint density at radius 1 is 1.14 bits per heavy atom. The van der Waals surface area contributed by atoms with Crippen LogP contribution in [0.3, 0.4) is 0 Å². The summed E-state index contributed by atoms with van der Waals surface area (Å²) in [6.07, 6.45) is 1.42. The van der Waals surface area contributed by atoms with E-state index in [-0.39, 0.29) is 50.2 Å². The highest BCUT2D eigenvalue weighted by Crippen LogP contribution is 2.15. The molecule has 2 rings (SSSR count). The van der Waals surface area contributed by atoms with E-state index in [1.165, 1.54) is 24.3 Å². The van der Waals surface area contributed by atoms with Gasteiger partial charge >= 0.3 is 0 Å². The van der Waals surface area contributed by atoms with Crippen LogP contribution in [0.25, 0.3) is 0 Å². The van der Waals surface area contributed by atoms with Gasteiger partial charge < -0.3 is 36.8 Å². The molecule has 9 N–H and O–H groups in total. The molecule has 1 aromatic rings. The van der Waals surface area contributed by atoms with Crippen LogP contribution in [0.2, 0.25) is 0 Å². The summed E-state index contributed by atoms with van der Waals surface area (Å²) >= 11 is 0. The maximum atomic E-state index is 12.6. The van der Waals surface area contributed by atoms with Gasteiger partial charge in [0.05, 0.1) is 24.3 Å². The van der Waals surface area contributed by atoms with Gasteiger partial charge in [0.15, 0.2) is 0 Å². The van der Waals surface area contributed by atoms with E-state index in [4.69, 9.17) is 0 Å². The number of para-hydroxylation sites is 1. The number of likely N-dealkylation sites (N-methyl/N-ethyl adjacent to an activating group) is 1. The number of phenolic OH excluding ortho intramolecular Hbond substituents is 1. The van der Waals surface area contributed by atoms with E-state index >= 15 is 0 Å². The van der Waals surface area contributed by atoms with Gasteiger partial charge in [-0.25, -0.2) is 10.1 Å². The lowest BCUT2D eigenvalue weighted by Gasteiger charge is -2.29. The lowest BCUT2D eigenvalue weighted by molar-refractivity contribution is -0.173. The third kappa shape index (κ3) is 10.8. The highest BCUT2D eigenvalue weighted by molar-refractivity contribution is 5.99. The Morgan fingerprint density at radius 3 is 2.50 bits per heavy atom. The monoisotopic (exact) mass is 621 g/mol. The van der Waals surface area contributed by atoms with E-state index < -0.39 is 60.3 Å². The Labute approximate surface area is 255 Å². The molecule has 1 heterocycles. The molecule has 4 atom stereocenters. The fraction of sp³-hybridized carbons (Fsp3) is 0.536. The zero-order chi connectivity index (χ0) is 32.8. The first kappa shape index (κ1) is 35.9. The summed E-state index contributed by atoms with van der Waals surface area (Å²) < 4.78 is 0. The second-order valence-corrected chi connectivity index (χ2v) is 10.3. The quantitative estimate of drug-likeness (QED) is 0.0722. The van der Waals surface area contributed by atoms with E-state index in [1.807, 2.05) is 0 Å². The third-order valence-corrected chi connectivity index (χ3v) is 7.07. The number of carbonyl (C=O) groups is 5. The Kier molecular flexibility index (Phi) is 14.5. The Bertz CT molecular complexity index is 1180. The number of rotatable bonds is 17. The van der Waals surface area contributed by atoms with E-state index in [0.29, 0.717) is 28.7 Å². The summed E-state index contributed by atoms with van der Waals surface area (Å²) in [6.45, 7) is 4.99. The van der Waals surface area contributed by atoms with Crippen molar-refractivity contribution in [2.75, 3.05) is 33.3 Å². The molecule has 0 spiro atoms. The van der Waals surface area contributed by atoms with Gasteiger partial charge in [-0.1, -0.05) is 18.7 Å². The number of amides is 5. The second kappa shape index (κ2) is 17.8. The van der Waals surface area contributed by atoms with Crippen LogP contribution in [-0.4, -0.2) is 118 Å². The molecule has 44 heavy (non-hydrogen) atoms. The number of phenols is 1. The van der Waals surface area contributed by atoms with Crippen LogP contribution in [0.4, 0.5) is 0 Å². The average Bonchev–Trinajstić information content (AvgIpc) is 2.99. The molecule has 0 aliphatic carbocycles. The SMILES string of the molecule is C=C(NCCC(=O)N(O)CCC[C@H](NC)C(=O)NC1CCCN(O)C1=O)[C@H](C)NC(=O)[C@@H](CO)NC(=O)c1ccccc1O. The van der Waals surface area contributed by atoms with E-state index in [0.717, 1.165) is 0 Å². The van der Waals surface area contributed by atoms with E-state index in [9.17, 15) is 44.6 Å². The lowest BCUT2D eigenvalue weighted by Crippen LogP contribution is -2.54. The van der Waals surface area contributed by atoms with Crippen molar-refractivity contribution >= 4 is 29.5 Å². The zero-order valence-electron chi connectivity index (χ0n) is 24.9. The van der Waals surface area contributed by atoms with Gasteiger partial charge in [-0.05, 0) is 51.8 Å². The summed E-state index contributed by atoms with van der Waals surface area (Å²) in [5.74, 6) is -3.29. The largest absolute Gasteiger partial charge is 0.507 e. The second-order valence-electron chi connectivity index (χ2n) is 10.3. The van der Waals surface area contributed by atoms with Crippen molar-refractivity contribution in [2.24, 2.45) is 0 Å². The fourth-order valence-corrected chi connectivity index (χ4v) is 4.35. The molecule has 1 unspecified atom stereocenters. The predicted octanol–water partition coefficient (Wildman–Crippen LogP) is -1.44. The number of benzene rings is 1. The molecule has 1 saturated heterocycles. The van der Waals surface area contributed by atoms with E-state index in [1.54, 1.807) is 14.0 Å². The molecule has 1 fully saturated rings. The van der Waals surface area contributed by atoms with Crippen LogP contribution >= 0.6 is 0 Å². The van der Waals surface area contributed by atoms with Crippen LogP contribution in [0.5, 0.6) is 5.75 Å². The van der Waals surface area contributed by atoms with Gasteiger partial charge in [-0.15, -0.1) is 0 Å². The Hall–Kier alpha value is -4.25. The van der Waals surface area contributed by atoms with Crippen molar-refractivity contribution in [3.63, 3.8) is 0 Å². The first-order valence-corrected chi connectivity index (χ1v) is 14.3. The number of aliphatic hydroxyl groups is 1. The molecular weight excluding hydrogens is 578 g/mol. The zero-order valence-corrected chi connectivity index (χ0v) is 24.9. The number of hydrogen-bond donors (Lipinski definition) is 9. The molecule has 244 valence electrons. The standard InChI is InChI=1S/C28H43N7O9/c1-17(18(2)31-27(41)22(16-36)33-25(39)19-8-4-5-11-23(19)37)30-13-12-24(38)34(43)14-6-9-20(29-3)26(40)32-21-10-7-15-35(44)28(21)42/h4-5,8,11,18,20-22,29-30,36-37,43-44H,1,6-7,9-10,12-16H2,2-3H3,(H,31,41)(H,32,40)(H,33,39)/t18-,20-,21?,22+/m0/s1. The number of aliphatic hydroxyl groups excluding tert-OH is 1. The van der Waals surface area contributed by atoms with Crippen molar-refractivity contribution < 1.29 is 44.6 Å². The lowest BCUT2D eigenvalue weighted by atomic mass is 10.0. The molecule has 1 aliphatic rings. The topological polar surface area (TPSA) is 233 Å². The fourth-order valence-electron chi connectivity index (χ4n) is 4.35. The predicted molar refractivity (Wildman–Crippen MR) is 156 cm³/mol. The molecule has 0 radical (unpaired) electrons. The molecule has 0 aromatic heterocycles. The molecule has 1 aromatic carbocycles. The van der Waals surface area contributed by atoms with Gasteiger partial charge in [-0.2, -0.15) is 0 Å².